The van der Waals surface area contributed by atoms with Crippen molar-refractivity contribution in [2.24, 2.45) is 0 Å². The Morgan fingerprint density at radius 1 is 1.03 bits per heavy atom. The van der Waals surface area contributed by atoms with Crippen LogP contribution in [0, 0.1) is 0 Å². The predicted octanol–water partition coefficient (Wildman–Crippen LogP) is 5.19. The van der Waals surface area contributed by atoms with Crippen molar-refractivity contribution in [2.75, 3.05) is 4.90 Å². The topological polar surface area (TPSA) is 62.6 Å². The molecule has 1 N–H and O–H groups in total. The van der Waals surface area contributed by atoms with Crippen LogP contribution in [0.2, 0.25) is 5.02 Å². The molecule has 4 rings (SSSR count). The van der Waals surface area contributed by atoms with Crippen LogP contribution in [-0.4, -0.2) is 16.9 Å². The van der Waals surface area contributed by atoms with E-state index in [0.717, 1.165) is 10.0 Å². The zero-order valence-electron chi connectivity index (χ0n) is 14.7. The number of hydrogen-bond acceptors (Lipinski definition) is 4. The van der Waals surface area contributed by atoms with Gasteiger partial charge in [0.15, 0.2) is 5.11 Å². The van der Waals surface area contributed by atoms with E-state index in [0.29, 0.717) is 22.2 Å². The molecule has 0 spiro atoms. The van der Waals surface area contributed by atoms with Crippen LogP contribution in [0.1, 0.15) is 5.76 Å². The first-order valence-corrected chi connectivity index (χ1v) is 10.0. The number of amides is 2. The fraction of sp³-hybridized carbons (Fsp3) is 0. The van der Waals surface area contributed by atoms with Gasteiger partial charge in [-0.2, -0.15) is 0 Å². The first-order chi connectivity index (χ1) is 13.9. The van der Waals surface area contributed by atoms with E-state index in [1.165, 1.54) is 11.0 Å². The smallest absolute Gasteiger partial charge is 0.270 e. The van der Waals surface area contributed by atoms with Crippen molar-refractivity contribution >= 4 is 68.4 Å². The van der Waals surface area contributed by atoms with E-state index < -0.39 is 11.8 Å². The lowest BCUT2D eigenvalue weighted by molar-refractivity contribution is -0.122. The van der Waals surface area contributed by atoms with E-state index in [2.05, 4.69) is 21.2 Å². The van der Waals surface area contributed by atoms with Crippen molar-refractivity contribution in [1.82, 2.24) is 5.32 Å². The van der Waals surface area contributed by atoms with E-state index in [9.17, 15) is 9.59 Å². The zero-order valence-corrected chi connectivity index (χ0v) is 17.8. The molecular formula is C21H12BrClN2O3S. The summed E-state index contributed by atoms with van der Waals surface area (Å²) < 4.78 is 6.75. The number of carbonyl (C=O) groups excluding carboxylic acids is 2. The molecule has 1 aliphatic rings. The van der Waals surface area contributed by atoms with Gasteiger partial charge in [0.2, 0.25) is 0 Å². The predicted molar refractivity (Wildman–Crippen MR) is 119 cm³/mol. The number of benzene rings is 2. The first kappa shape index (κ1) is 19.6. The van der Waals surface area contributed by atoms with Gasteiger partial charge >= 0.3 is 0 Å². The summed E-state index contributed by atoms with van der Waals surface area (Å²) in [5.41, 5.74) is 1.16. The molecule has 0 bridgehead atoms. The van der Waals surface area contributed by atoms with Crippen LogP contribution in [-0.2, 0) is 9.59 Å². The second-order valence-corrected chi connectivity index (χ2v) is 7.83. The van der Waals surface area contributed by atoms with Crippen LogP contribution in [0.15, 0.2) is 75.1 Å². The fourth-order valence-electron chi connectivity index (χ4n) is 2.85. The van der Waals surface area contributed by atoms with Crippen molar-refractivity contribution in [3.8, 4) is 11.3 Å². The molecule has 1 saturated heterocycles. The van der Waals surface area contributed by atoms with E-state index in [-0.39, 0.29) is 10.7 Å². The number of furan rings is 1. The van der Waals surface area contributed by atoms with Crippen molar-refractivity contribution in [3.05, 3.63) is 81.5 Å². The molecule has 8 heteroatoms. The van der Waals surface area contributed by atoms with Gasteiger partial charge in [0, 0.05) is 10.0 Å². The van der Waals surface area contributed by atoms with Crippen molar-refractivity contribution in [3.63, 3.8) is 0 Å². The second kappa shape index (κ2) is 7.94. The van der Waals surface area contributed by atoms with Gasteiger partial charge in [-0.25, -0.2) is 0 Å². The van der Waals surface area contributed by atoms with Gasteiger partial charge in [0.1, 0.15) is 17.1 Å². The Morgan fingerprint density at radius 2 is 1.76 bits per heavy atom. The van der Waals surface area contributed by atoms with Gasteiger partial charge in [0.05, 0.1) is 10.7 Å². The summed E-state index contributed by atoms with van der Waals surface area (Å²) in [7, 11) is 0. The highest BCUT2D eigenvalue weighted by Gasteiger charge is 2.35. The minimum Gasteiger partial charge on any atom is -0.457 e. The van der Waals surface area contributed by atoms with E-state index in [4.69, 9.17) is 28.2 Å². The SMILES string of the molecule is O=C1NC(=S)N(c2ccccc2Cl)C(=O)/C1=C\c1ccc(-c2ccc(Br)cc2)o1. The average Bonchev–Trinajstić information content (AvgIpc) is 3.16. The summed E-state index contributed by atoms with van der Waals surface area (Å²) in [6.45, 7) is 0. The minimum absolute atomic E-state index is 0.0275. The largest absolute Gasteiger partial charge is 0.457 e. The zero-order chi connectivity index (χ0) is 20.5. The molecule has 0 saturated carbocycles. The van der Waals surface area contributed by atoms with Gasteiger partial charge in [-0.05, 0) is 54.7 Å². The standard InChI is InChI=1S/C21H12BrClN2O3S/c22-13-7-5-12(6-8-13)18-10-9-14(28-18)11-15-19(26)24-21(29)25(20(15)27)17-4-2-1-3-16(17)23/h1-11H,(H,24,26,29)/b15-11-. The highest BCUT2D eigenvalue weighted by atomic mass is 79.9. The Bertz CT molecular complexity index is 1170. The summed E-state index contributed by atoms with van der Waals surface area (Å²) in [6, 6.07) is 17.8. The third-order valence-electron chi connectivity index (χ3n) is 4.24. The molecule has 5 nitrogen and oxygen atoms in total. The minimum atomic E-state index is -0.593. The van der Waals surface area contributed by atoms with E-state index >= 15 is 0 Å². The van der Waals surface area contributed by atoms with Crippen molar-refractivity contribution < 1.29 is 14.0 Å². The second-order valence-electron chi connectivity index (χ2n) is 6.12. The molecule has 1 fully saturated rings. The highest BCUT2D eigenvalue weighted by molar-refractivity contribution is 9.10. The quantitative estimate of drug-likeness (QED) is 0.314. The number of para-hydroxylation sites is 1. The number of carbonyl (C=O) groups is 2. The van der Waals surface area contributed by atoms with E-state index in [1.54, 1.807) is 36.4 Å². The number of rotatable bonds is 3. The van der Waals surface area contributed by atoms with Gasteiger partial charge in [-0.15, -0.1) is 0 Å². The van der Waals surface area contributed by atoms with Gasteiger partial charge < -0.3 is 4.42 Å². The summed E-state index contributed by atoms with van der Waals surface area (Å²) in [6.07, 6.45) is 1.39. The molecule has 0 radical (unpaired) electrons. The van der Waals surface area contributed by atoms with E-state index in [1.807, 2.05) is 24.3 Å². The van der Waals surface area contributed by atoms with Gasteiger partial charge in [-0.1, -0.05) is 51.8 Å². The molecule has 2 aromatic carbocycles. The number of thiocarbonyl (C=S) groups is 1. The molecule has 0 unspecified atom stereocenters. The Kier molecular flexibility index (Phi) is 5.36. The Balaban J connectivity index is 1.68. The molecule has 29 heavy (non-hydrogen) atoms. The third kappa shape index (κ3) is 3.89. The molecule has 2 heterocycles. The molecule has 3 aromatic rings. The fourth-order valence-corrected chi connectivity index (χ4v) is 3.61. The lowest BCUT2D eigenvalue weighted by atomic mass is 10.1. The summed E-state index contributed by atoms with van der Waals surface area (Å²) in [4.78, 5) is 26.6. The van der Waals surface area contributed by atoms with Crippen molar-refractivity contribution in [1.29, 1.82) is 0 Å². The molecule has 144 valence electrons. The lowest BCUT2D eigenvalue weighted by Crippen LogP contribution is -2.54. The number of anilines is 1. The summed E-state index contributed by atoms with van der Waals surface area (Å²) in [5.74, 6) is -0.182. The first-order valence-electron chi connectivity index (χ1n) is 8.46. The van der Waals surface area contributed by atoms with Crippen LogP contribution in [0.5, 0.6) is 0 Å². The molecule has 2 amide bonds. The monoisotopic (exact) mass is 486 g/mol. The van der Waals surface area contributed by atoms with Crippen LogP contribution >= 0.6 is 39.7 Å². The van der Waals surface area contributed by atoms with Crippen LogP contribution in [0.25, 0.3) is 17.4 Å². The van der Waals surface area contributed by atoms with Gasteiger partial charge in [0.25, 0.3) is 11.8 Å². The number of nitrogens with one attached hydrogen (secondary N) is 1. The van der Waals surface area contributed by atoms with Crippen LogP contribution in [0.4, 0.5) is 5.69 Å². The Hall–Kier alpha value is -2.74. The number of halogens is 2. The van der Waals surface area contributed by atoms with Crippen molar-refractivity contribution in [2.45, 2.75) is 0 Å². The maximum absolute atomic E-state index is 13.0. The molecule has 0 aliphatic carbocycles. The number of nitrogens with zero attached hydrogens (tertiary/aromatic N) is 1. The lowest BCUT2D eigenvalue weighted by Gasteiger charge is -2.29. The van der Waals surface area contributed by atoms with Gasteiger partial charge in [-0.3, -0.25) is 19.8 Å². The normalized spacial score (nSPS) is 15.7. The average molecular weight is 488 g/mol. The molecule has 0 atom stereocenters. The summed E-state index contributed by atoms with van der Waals surface area (Å²) >= 11 is 14.8. The highest BCUT2D eigenvalue weighted by Crippen LogP contribution is 2.30. The molecule has 1 aromatic heterocycles. The molecular weight excluding hydrogens is 476 g/mol. The Labute approximate surface area is 185 Å². The third-order valence-corrected chi connectivity index (χ3v) is 5.37. The van der Waals surface area contributed by atoms with Crippen LogP contribution in [0.3, 0.4) is 0 Å². The maximum Gasteiger partial charge on any atom is 0.270 e. The maximum atomic E-state index is 13.0. The van der Waals surface area contributed by atoms with Crippen LogP contribution < -0.4 is 10.2 Å². The Morgan fingerprint density at radius 3 is 2.48 bits per heavy atom. The molecule has 1 aliphatic heterocycles. The number of hydrogen-bond donors (Lipinski definition) is 1. The summed E-state index contributed by atoms with van der Waals surface area (Å²) in [5, 5.41) is 2.84.